The van der Waals surface area contributed by atoms with E-state index < -0.39 is 11.7 Å². The molecule has 20 heavy (non-hydrogen) atoms. The quantitative estimate of drug-likeness (QED) is 0.659. The van der Waals surface area contributed by atoms with Crippen molar-refractivity contribution >= 4 is 12.3 Å². The Hall–Kier alpha value is -1.84. The van der Waals surface area contributed by atoms with Crippen molar-refractivity contribution in [3.05, 3.63) is 35.4 Å². The molecule has 4 nitrogen and oxygen atoms in total. The van der Waals surface area contributed by atoms with Crippen molar-refractivity contribution in [3.63, 3.8) is 0 Å². The first kappa shape index (κ1) is 16.2. The number of rotatable bonds is 2. The van der Waals surface area contributed by atoms with Gasteiger partial charge in [-0.3, -0.25) is 0 Å². The summed E-state index contributed by atoms with van der Waals surface area (Å²) in [7, 11) is 0. The Morgan fingerprint density at radius 1 is 1.10 bits per heavy atom. The molecule has 0 heterocycles. The maximum Gasteiger partial charge on any atom is 0.428 e. The van der Waals surface area contributed by atoms with Crippen molar-refractivity contribution in [1.29, 1.82) is 0 Å². The van der Waals surface area contributed by atoms with Gasteiger partial charge in [-0.2, -0.15) is 5.10 Å². The van der Waals surface area contributed by atoms with Crippen LogP contribution in [0, 0.1) is 0 Å². The van der Waals surface area contributed by atoms with Crippen molar-refractivity contribution < 1.29 is 9.53 Å². The van der Waals surface area contributed by atoms with Gasteiger partial charge in [-0.25, -0.2) is 10.2 Å². The van der Waals surface area contributed by atoms with Crippen LogP contribution in [0.25, 0.3) is 0 Å². The molecule has 0 unspecified atom stereocenters. The van der Waals surface area contributed by atoms with Gasteiger partial charge in [-0.1, -0.05) is 45.0 Å². The molecule has 110 valence electrons. The van der Waals surface area contributed by atoms with Crippen molar-refractivity contribution in [1.82, 2.24) is 5.43 Å². The summed E-state index contributed by atoms with van der Waals surface area (Å²) in [6.07, 6.45) is 1.04. The van der Waals surface area contributed by atoms with E-state index in [1.165, 1.54) is 5.56 Å². The van der Waals surface area contributed by atoms with Crippen molar-refractivity contribution in [2.24, 2.45) is 5.10 Å². The van der Waals surface area contributed by atoms with Gasteiger partial charge in [0.2, 0.25) is 0 Å². The highest BCUT2D eigenvalue weighted by atomic mass is 16.6. The van der Waals surface area contributed by atoms with Crippen LogP contribution in [-0.2, 0) is 10.2 Å². The van der Waals surface area contributed by atoms with Gasteiger partial charge in [0.15, 0.2) is 0 Å². The fraction of sp³-hybridized carbons (Fsp3) is 0.500. The minimum atomic E-state index is -0.555. The van der Waals surface area contributed by atoms with E-state index >= 15 is 0 Å². The number of hydrazone groups is 1. The van der Waals surface area contributed by atoms with E-state index in [0.29, 0.717) is 0 Å². The number of nitrogens with one attached hydrogen (secondary N) is 1. The average Bonchev–Trinajstić information content (AvgIpc) is 2.26. The van der Waals surface area contributed by atoms with Crippen LogP contribution in [-0.4, -0.2) is 17.9 Å². The summed E-state index contributed by atoms with van der Waals surface area (Å²) < 4.78 is 5.08. The second-order valence-electron chi connectivity index (χ2n) is 6.74. The lowest BCUT2D eigenvalue weighted by molar-refractivity contribution is 0.0529. The van der Waals surface area contributed by atoms with Gasteiger partial charge in [-0.05, 0) is 37.3 Å². The van der Waals surface area contributed by atoms with Crippen LogP contribution < -0.4 is 5.43 Å². The summed E-state index contributed by atoms with van der Waals surface area (Å²) in [6.45, 7) is 11.9. The fourth-order valence-electron chi connectivity index (χ4n) is 1.53. The van der Waals surface area contributed by atoms with Crippen LogP contribution in [0.4, 0.5) is 4.79 Å². The summed E-state index contributed by atoms with van der Waals surface area (Å²) in [5, 5.41) is 3.87. The maximum atomic E-state index is 11.4. The van der Waals surface area contributed by atoms with E-state index in [0.717, 1.165) is 5.56 Å². The molecule has 1 rings (SSSR count). The van der Waals surface area contributed by atoms with Gasteiger partial charge in [0.1, 0.15) is 5.60 Å². The number of hydrogen-bond acceptors (Lipinski definition) is 3. The van der Waals surface area contributed by atoms with Gasteiger partial charge in [0.25, 0.3) is 0 Å². The Morgan fingerprint density at radius 2 is 1.65 bits per heavy atom. The van der Waals surface area contributed by atoms with E-state index in [-0.39, 0.29) is 5.41 Å². The molecule has 0 aromatic heterocycles. The van der Waals surface area contributed by atoms with Gasteiger partial charge in [0.05, 0.1) is 6.21 Å². The lowest BCUT2D eigenvalue weighted by atomic mass is 9.87. The fourth-order valence-corrected chi connectivity index (χ4v) is 1.53. The monoisotopic (exact) mass is 276 g/mol. The van der Waals surface area contributed by atoms with Crippen molar-refractivity contribution in [2.75, 3.05) is 0 Å². The smallest absolute Gasteiger partial charge is 0.428 e. The summed E-state index contributed by atoms with van der Waals surface area (Å²) in [4.78, 5) is 11.4. The van der Waals surface area contributed by atoms with Crippen LogP contribution in [0.2, 0.25) is 0 Å². The predicted molar refractivity (Wildman–Crippen MR) is 82.1 cm³/mol. The lowest BCUT2D eigenvalue weighted by Gasteiger charge is -2.19. The van der Waals surface area contributed by atoms with Crippen LogP contribution >= 0.6 is 0 Å². The molecule has 0 saturated heterocycles. The molecule has 0 radical (unpaired) electrons. The number of carbonyl (C=O) groups is 1. The molecule has 1 amide bonds. The largest absolute Gasteiger partial charge is 0.443 e. The molecule has 0 fully saturated rings. The van der Waals surface area contributed by atoms with Gasteiger partial charge in [-0.15, -0.1) is 0 Å². The molecule has 0 aliphatic heterocycles. The van der Waals surface area contributed by atoms with E-state index in [2.05, 4.69) is 43.4 Å². The number of carbonyl (C=O) groups excluding carboxylic acids is 1. The zero-order valence-corrected chi connectivity index (χ0v) is 13.2. The van der Waals surface area contributed by atoms with Crippen LogP contribution in [0.1, 0.15) is 52.7 Å². The Labute approximate surface area is 121 Å². The van der Waals surface area contributed by atoms with Crippen LogP contribution in [0.5, 0.6) is 0 Å². The van der Waals surface area contributed by atoms with E-state index in [1.807, 2.05) is 32.9 Å². The number of amides is 1. The standard InChI is InChI=1S/C16H24N2O2/c1-15(2,3)13-9-7-12(8-10-13)11-17-18-14(19)20-16(4,5)6/h7-11H,1-6H3,(H,18,19)/b17-11+. The molecule has 0 spiro atoms. The molecule has 4 heteroatoms. The van der Waals surface area contributed by atoms with Crippen LogP contribution in [0.3, 0.4) is 0 Å². The SMILES string of the molecule is CC(C)(C)OC(=O)N/N=C/c1ccc(C(C)(C)C)cc1. The van der Waals surface area contributed by atoms with E-state index in [1.54, 1.807) is 6.21 Å². The molecule has 0 aliphatic rings. The molecule has 0 atom stereocenters. The summed E-state index contributed by atoms with van der Waals surface area (Å²) in [5.41, 5.74) is 4.13. The van der Waals surface area contributed by atoms with Gasteiger partial charge < -0.3 is 4.74 Å². The van der Waals surface area contributed by atoms with Gasteiger partial charge >= 0.3 is 6.09 Å². The summed E-state index contributed by atoms with van der Waals surface area (Å²) in [5.74, 6) is 0. The highest BCUT2D eigenvalue weighted by Gasteiger charge is 2.15. The second kappa shape index (κ2) is 6.07. The second-order valence-corrected chi connectivity index (χ2v) is 6.74. The molecule has 0 bridgehead atoms. The molecule has 1 aromatic rings. The Kier molecular flexibility index (Phi) is 4.93. The van der Waals surface area contributed by atoms with E-state index in [9.17, 15) is 4.79 Å². The lowest BCUT2D eigenvalue weighted by Crippen LogP contribution is -2.29. The van der Waals surface area contributed by atoms with Crippen molar-refractivity contribution in [3.8, 4) is 0 Å². The normalized spacial score (nSPS) is 12.5. The highest BCUT2D eigenvalue weighted by Crippen LogP contribution is 2.21. The zero-order valence-electron chi connectivity index (χ0n) is 13.2. The Morgan fingerprint density at radius 3 is 2.10 bits per heavy atom. The first-order chi connectivity index (χ1) is 9.08. The predicted octanol–water partition coefficient (Wildman–Crippen LogP) is 3.84. The highest BCUT2D eigenvalue weighted by molar-refractivity contribution is 5.80. The number of hydrogen-bond donors (Lipinski definition) is 1. The first-order valence-electron chi connectivity index (χ1n) is 6.70. The topological polar surface area (TPSA) is 50.7 Å². The maximum absolute atomic E-state index is 11.4. The van der Waals surface area contributed by atoms with Gasteiger partial charge in [0, 0.05) is 0 Å². The summed E-state index contributed by atoms with van der Waals surface area (Å²) >= 11 is 0. The first-order valence-corrected chi connectivity index (χ1v) is 6.70. The number of benzene rings is 1. The molecule has 1 N–H and O–H groups in total. The van der Waals surface area contributed by atoms with E-state index in [4.69, 9.17) is 4.74 Å². The third kappa shape index (κ3) is 5.87. The van der Waals surface area contributed by atoms with Crippen LogP contribution in [0.15, 0.2) is 29.4 Å². The zero-order chi connectivity index (χ0) is 15.4. The molecule has 0 saturated carbocycles. The minimum Gasteiger partial charge on any atom is -0.443 e. The molecular formula is C16H24N2O2. The average molecular weight is 276 g/mol. The Bertz CT molecular complexity index is 477. The summed E-state index contributed by atoms with van der Waals surface area (Å²) in [6, 6.07) is 8.07. The molecular weight excluding hydrogens is 252 g/mol. The minimum absolute atomic E-state index is 0.129. The third-order valence-corrected chi connectivity index (χ3v) is 2.55. The molecule has 1 aromatic carbocycles. The third-order valence-electron chi connectivity index (χ3n) is 2.55. The Balaban J connectivity index is 2.57. The number of nitrogens with zero attached hydrogens (tertiary/aromatic N) is 1. The van der Waals surface area contributed by atoms with Crippen molar-refractivity contribution in [2.45, 2.75) is 52.6 Å². The number of ether oxygens (including phenoxy) is 1. The molecule has 0 aliphatic carbocycles.